The van der Waals surface area contributed by atoms with Crippen LogP contribution in [0.2, 0.25) is 10.0 Å². The summed E-state index contributed by atoms with van der Waals surface area (Å²) in [7, 11) is 0. The van der Waals surface area contributed by atoms with E-state index in [-0.39, 0.29) is 40.3 Å². The Morgan fingerprint density at radius 1 is 1.26 bits per heavy atom. The van der Waals surface area contributed by atoms with Gasteiger partial charge < -0.3 is 15.4 Å². The van der Waals surface area contributed by atoms with Crippen molar-refractivity contribution >= 4 is 57.9 Å². The fraction of sp³-hybridized carbons (Fsp3) is 0.500. The number of ether oxygens (including phenoxy) is 1. The van der Waals surface area contributed by atoms with Crippen molar-refractivity contribution in [2.45, 2.75) is 57.3 Å². The van der Waals surface area contributed by atoms with Crippen molar-refractivity contribution in [2.75, 3.05) is 23.8 Å². The topological polar surface area (TPSA) is 130 Å². The number of anilines is 3. The summed E-state index contributed by atoms with van der Waals surface area (Å²) in [5, 5.41) is 9.42. The van der Waals surface area contributed by atoms with Crippen LogP contribution < -0.4 is 10.6 Å². The molecular weight excluding hydrogens is 541 g/mol. The number of hydrogen-bond acceptors (Lipinski definition) is 8. The summed E-state index contributed by atoms with van der Waals surface area (Å²) >= 11 is 12.2. The number of hydrogen-bond donors (Lipinski definition) is 3. The lowest BCUT2D eigenvalue weighted by Gasteiger charge is -2.35. The third-order valence-corrected chi connectivity index (χ3v) is 7.84. The second-order valence-corrected chi connectivity index (χ2v) is 10.8. The van der Waals surface area contributed by atoms with Gasteiger partial charge in [-0.05, 0) is 44.2 Å². The second kappa shape index (κ2) is 10.7. The maximum absolute atomic E-state index is 14.8. The largest absolute Gasteiger partial charge is 0.378 e. The molecule has 2 fully saturated rings. The summed E-state index contributed by atoms with van der Waals surface area (Å²) in [6.07, 6.45) is 2.91. The Morgan fingerprint density at radius 2 is 2.03 bits per heavy atom. The minimum Gasteiger partial charge on any atom is -0.378 e. The molecule has 1 aliphatic heterocycles. The Labute approximate surface area is 227 Å². The Hall–Kier alpha value is -2.96. The van der Waals surface area contributed by atoms with Gasteiger partial charge >= 0.3 is 0 Å². The minimum atomic E-state index is -1.20. The van der Waals surface area contributed by atoms with E-state index in [1.54, 1.807) is 0 Å². The molecule has 2 atom stereocenters. The van der Waals surface area contributed by atoms with E-state index in [2.05, 4.69) is 30.7 Å². The van der Waals surface area contributed by atoms with Crippen molar-refractivity contribution in [1.29, 1.82) is 5.53 Å². The first-order chi connectivity index (χ1) is 18.2. The molecule has 38 heavy (non-hydrogen) atoms. The van der Waals surface area contributed by atoms with Gasteiger partial charge in [-0.2, -0.15) is 4.98 Å². The van der Waals surface area contributed by atoms with Gasteiger partial charge in [-0.1, -0.05) is 30.1 Å². The van der Waals surface area contributed by atoms with Crippen molar-refractivity contribution < 1.29 is 18.3 Å². The number of fused-ring (bicyclic) bond motifs is 1. The number of nitrogens with one attached hydrogen (secondary N) is 3. The molecule has 0 unspecified atom stereocenters. The standard InChI is InChI=1S/C24H26Cl2F2N8O2/c1-24(21(37)35-29)5-2-13(3-6-24)36-20-18(10-30-22(34-20)31-17-4-7-38-11-16(17)28)32-23(36)33-19-14(26)8-12(25)9-15(19)27/h8-10,13,16-17,29H,2-7,11H2,1H3,(H,32,33)(H,30,31,34)/t13-,16-,17+,24+/m1/s1. The van der Waals surface area contributed by atoms with E-state index in [0.717, 1.165) is 6.07 Å². The molecule has 202 valence electrons. The van der Waals surface area contributed by atoms with Crippen LogP contribution >= 0.6 is 23.2 Å². The van der Waals surface area contributed by atoms with E-state index < -0.39 is 29.4 Å². The smallest absolute Gasteiger partial charge is 0.269 e. The summed E-state index contributed by atoms with van der Waals surface area (Å²) in [5.74, 6) is -0.582. The summed E-state index contributed by atoms with van der Waals surface area (Å²) in [4.78, 5) is 25.8. The monoisotopic (exact) mass is 566 g/mol. The Bertz CT molecular complexity index is 1360. The van der Waals surface area contributed by atoms with Crippen molar-refractivity contribution in [3.05, 3.63) is 34.2 Å². The summed E-state index contributed by atoms with van der Waals surface area (Å²) in [5.41, 5.74) is 7.34. The molecule has 0 bridgehead atoms. The fourth-order valence-electron chi connectivity index (χ4n) is 5.05. The number of rotatable bonds is 6. The SMILES string of the molecule is C[C@]1(C(=O)N=N)CC[C@@H](n2c(Nc3c(F)cc(Cl)cc3Cl)nc3cnc(N[C@H]4CCOC[C@H]4F)nc32)CC1. The first-order valence-corrected chi connectivity index (χ1v) is 13.0. The highest BCUT2D eigenvalue weighted by molar-refractivity contribution is 6.36. The van der Waals surface area contributed by atoms with E-state index >= 15 is 0 Å². The highest BCUT2D eigenvalue weighted by atomic mass is 35.5. The summed E-state index contributed by atoms with van der Waals surface area (Å²) in [6.45, 7) is 2.25. The number of amides is 1. The van der Waals surface area contributed by atoms with Gasteiger partial charge in [-0.15, -0.1) is 5.11 Å². The van der Waals surface area contributed by atoms with Crippen LogP contribution in [0.5, 0.6) is 0 Å². The molecular formula is C24H26Cl2F2N8O2. The zero-order valence-electron chi connectivity index (χ0n) is 20.5. The highest BCUT2D eigenvalue weighted by Gasteiger charge is 2.39. The normalized spacial score (nSPS) is 25.8. The van der Waals surface area contributed by atoms with Gasteiger partial charge in [-0.3, -0.25) is 9.36 Å². The van der Waals surface area contributed by atoms with Crippen LogP contribution in [-0.4, -0.2) is 50.9 Å². The van der Waals surface area contributed by atoms with Gasteiger partial charge in [0.2, 0.25) is 11.9 Å². The van der Waals surface area contributed by atoms with Gasteiger partial charge in [0, 0.05) is 17.7 Å². The third kappa shape index (κ3) is 5.16. The molecule has 14 heteroatoms. The van der Waals surface area contributed by atoms with E-state index in [0.29, 0.717) is 49.9 Å². The van der Waals surface area contributed by atoms with E-state index in [9.17, 15) is 13.6 Å². The van der Waals surface area contributed by atoms with E-state index in [1.165, 1.54) is 12.3 Å². The Morgan fingerprint density at radius 3 is 2.71 bits per heavy atom. The summed E-state index contributed by atoms with van der Waals surface area (Å²) in [6, 6.07) is 1.91. The quantitative estimate of drug-likeness (QED) is 0.301. The Kier molecular flexibility index (Phi) is 7.47. The first kappa shape index (κ1) is 26.6. The number of halogens is 4. The third-order valence-electron chi connectivity index (χ3n) is 7.32. The molecule has 3 heterocycles. The number of carbonyl (C=O) groups excluding carboxylic acids is 1. The maximum Gasteiger partial charge on any atom is 0.269 e. The van der Waals surface area contributed by atoms with Crippen LogP contribution in [0, 0.1) is 16.8 Å². The number of aromatic nitrogens is 4. The minimum absolute atomic E-state index is 0.00347. The predicted octanol–water partition coefficient (Wildman–Crippen LogP) is 6.23. The predicted molar refractivity (Wildman–Crippen MR) is 139 cm³/mol. The molecule has 1 aromatic carbocycles. The van der Waals surface area contributed by atoms with Crippen LogP contribution in [0.25, 0.3) is 11.2 Å². The molecule has 1 amide bonds. The molecule has 0 spiro atoms. The number of benzene rings is 1. The Balaban J connectivity index is 1.53. The van der Waals surface area contributed by atoms with Crippen molar-refractivity contribution in [1.82, 2.24) is 19.5 Å². The molecule has 5 rings (SSSR count). The van der Waals surface area contributed by atoms with Gasteiger partial charge in [0.25, 0.3) is 5.91 Å². The first-order valence-electron chi connectivity index (χ1n) is 12.3. The lowest BCUT2D eigenvalue weighted by atomic mass is 9.73. The average molecular weight is 567 g/mol. The molecule has 3 N–H and O–H groups in total. The van der Waals surface area contributed by atoms with Crippen LogP contribution in [0.1, 0.15) is 45.1 Å². The van der Waals surface area contributed by atoms with Gasteiger partial charge in [-0.25, -0.2) is 24.3 Å². The van der Waals surface area contributed by atoms with Crippen molar-refractivity contribution in [3.8, 4) is 0 Å². The van der Waals surface area contributed by atoms with Crippen molar-refractivity contribution in [2.24, 2.45) is 10.5 Å². The zero-order valence-corrected chi connectivity index (χ0v) is 22.0. The number of imidazole rings is 1. The molecule has 2 aromatic heterocycles. The van der Waals surface area contributed by atoms with Crippen LogP contribution in [0.3, 0.4) is 0 Å². The highest BCUT2D eigenvalue weighted by Crippen LogP contribution is 2.44. The van der Waals surface area contributed by atoms with E-state index in [4.69, 9.17) is 33.5 Å². The lowest BCUT2D eigenvalue weighted by molar-refractivity contribution is -0.129. The van der Waals surface area contributed by atoms with E-state index in [1.807, 2.05) is 11.5 Å². The molecule has 0 radical (unpaired) electrons. The fourth-order valence-corrected chi connectivity index (χ4v) is 5.56. The van der Waals surface area contributed by atoms with Crippen LogP contribution in [-0.2, 0) is 9.53 Å². The van der Waals surface area contributed by atoms with Gasteiger partial charge in [0.1, 0.15) is 17.5 Å². The molecule has 1 saturated heterocycles. The van der Waals surface area contributed by atoms with Crippen LogP contribution in [0.15, 0.2) is 23.4 Å². The zero-order chi connectivity index (χ0) is 27.0. The van der Waals surface area contributed by atoms with Gasteiger partial charge in [0.05, 0.1) is 35.0 Å². The maximum atomic E-state index is 14.8. The molecule has 1 saturated carbocycles. The molecule has 10 nitrogen and oxygen atoms in total. The number of carbonyl (C=O) groups is 1. The summed E-state index contributed by atoms with van der Waals surface area (Å²) < 4.78 is 36.2. The van der Waals surface area contributed by atoms with Crippen molar-refractivity contribution in [3.63, 3.8) is 0 Å². The second-order valence-electron chi connectivity index (χ2n) is 9.92. The number of alkyl halides is 1. The molecule has 3 aromatic rings. The lowest BCUT2D eigenvalue weighted by Crippen LogP contribution is -2.39. The van der Waals surface area contributed by atoms with Crippen LogP contribution in [0.4, 0.5) is 26.4 Å². The molecule has 2 aliphatic rings. The number of nitrogens with zero attached hydrogens (tertiary/aromatic N) is 5. The average Bonchev–Trinajstić information content (AvgIpc) is 3.24. The molecule has 1 aliphatic carbocycles. The van der Waals surface area contributed by atoms with Gasteiger partial charge in [0.15, 0.2) is 5.65 Å².